The minimum absolute atomic E-state index is 0.0169. The molecule has 6 nitrogen and oxygen atoms in total. The van der Waals surface area contributed by atoms with Crippen LogP contribution in [0.4, 0.5) is 5.69 Å². The lowest BCUT2D eigenvalue weighted by atomic mass is 10.1. The van der Waals surface area contributed by atoms with Crippen LogP contribution in [0.25, 0.3) is 0 Å². The molecule has 2 aromatic rings. The number of aryl methyl sites for hydroxylation is 3. The van der Waals surface area contributed by atoms with Crippen molar-refractivity contribution in [3.63, 3.8) is 0 Å². The molecule has 0 aromatic heterocycles. The van der Waals surface area contributed by atoms with Crippen LogP contribution in [0.3, 0.4) is 0 Å². The summed E-state index contributed by atoms with van der Waals surface area (Å²) in [6.07, 6.45) is 0.909. The van der Waals surface area contributed by atoms with Crippen LogP contribution in [0, 0.1) is 13.8 Å². The second-order valence-electron chi connectivity index (χ2n) is 6.01. The molecule has 0 unspecified atom stereocenters. The fourth-order valence-corrected chi connectivity index (χ4v) is 3.62. The molecule has 0 aliphatic rings. The average molecular weight is 376 g/mol. The number of nitrogens with one attached hydrogen (secondary N) is 2. The number of hydrogen-bond donors (Lipinski definition) is 2. The van der Waals surface area contributed by atoms with E-state index in [1.807, 2.05) is 32.9 Å². The smallest absolute Gasteiger partial charge is 0.244 e. The Morgan fingerprint density at radius 3 is 2.27 bits per heavy atom. The summed E-state index contributed by atoms with van der Waals surface area (Å²) in [5, 5.41) is 2.67. The zero-order chi connectivity index (χ0) is 19.3. The summed E-state index contributed by atoms with van der Waals surface area (Å²) in [5.74, 6) is -0.197. The first kappa shape index (κ1) is 19.9. The van der Waals surface area contributed by atoms with Gasteiger partial charge in [-0.05, 0) is 61.2 Å². The van der Waals surface area contributed by atoms with Crippen LogP contribution in [0.2, 0.25) is 0 Å². The Bertz CT molecular complexity index is 891. The fourth-order valence-electron chi connectivity index (χ4n) is 2.40. The summed E-state index contributed by atoms with van der Waals surface area (Å²) in [5.41, 5.74) is 3.53. The highest BCUT2D eigenvalue weighted by Gasteiger charge is 2.21. The van der Waals surface area contributed by atoms with E-state index in [2.05, 4.69) is 10.0 Å². The molecule has 0 aliphatic carbocycles. The summed E-state index contributed by atoms with van der Waals surface area (Å²) in [6.45, 7) is 5.37. The number of carbonyl (C=O) groups excluding carboxylic acids is 1. The molecular formula is C19H24N2O4S. The van der Waals surface area contributed by atoms with Gasteiger partial charge in [-0.15, -0.1) is 0 Å². The van der Waals surface area contributed by atoms with Crippen LogP contribution >= 0.6 is 0 Å². The molecule has 7 heteroatoms. The number of benzene rings is 2. The molecule has 26 heavy (non-hydrogen) atoms. The van der Waals surface area contributed by atoms with Crippen molar-refractivity contribution >= 4 is 21.6 Å². The number of amides is 1. The van der Waals surface area contributed by atoms with Crippen molar-refractivity contribution in [1.82, 2.24) is 4.72 Å². The topological polar surface area (TPSA) is 84.5 Å². The second kappa shape index (κ2) is 8.33. The van der Waals surface area contributed by atoms with E-state index in [9.17, 15) is 13.2 Å². The van der Waals surface area contributed by atoms with E-state index in [-0.39, 0.29) is 17.2 Å². The fraction of sp³-hybridized carbons (Fsp3) is 0.316. The number of sulfonamides is 1. The highest BCUT2D eigenvalue weighted by atomic mass is 32.2. The Morgan fingerprint density at radius 1 is 1.08 bits per heavy atom. The number of anilines is 1. The van der Waals surface area contributed by atoms with Crippen molar-refractivity contribution in [3.05, 3.63) is 53.1 Å². The number of rotatable bonds is 7. The summed E-state index contributed by atoms with van der Waals surface area (Å²) in [6, 6.07) is 10.6. The van der Waals surface area contributed by atoms with Gasteiger partial charge in [-0.25, -0.2) is 13.1 Å². The van der Waals surface area contributed by atoms with Gasteiger partial charge in [0.25, 0.3) is 0 Å². The predicted octanol–water partition coefficient (Wildman–Crippen LogP) is 2.79. The Labute approximate surface area is 154 Å². The van der Waals surface area contributed by atoms with Crippen LogP contribution in [0.5, 0.6) is 5.75 Å². The third-order valence-electron chi connectivity index (χ3n) is 4.14. The van der Waals surface area contributed by atoms with Crippen LogP contribution in [-0.2, 0) is 21.2 Å². The van der Waals surface area contributed by atoms with E-state index in [0.29, 0.717) is 5.69 Å². The summed E-state index contributed by atoms with van der Waals surface area (Å²) in [7, 11) is -2.46. The molecule has 2 rings (SSSR count). The standard InChI is InChI=1S/C19H24N2O4S/c1-5-15-6-8-16(9-7-15)21-19(22)12-20-26(23,24)18-11-14(3)13(2)10-17(18)25-4/h6-11,20H,5,12H2,1-4H3,(H,21,22). The minimum Gasteiger partial charge on any atom is -0.495 e. The molecule has 0 radical (unpaired) electrons. The molecule has 2 N–H and O–H groups in total. The molecule has 1 amide bonds. The molecule has 0 aliphatic heterocycles. The van der Waals surface area contributed by atoms with Gasteiger partial charge in [-0.3, -0.25) is 4.79 Å². The maximum atomic E-state index is 12.5. The van der Waals surface area contributed by atoms with Gasteiger partial charge in [0, 0.05) is 5.69 Å². The number of carbonyl (C=O) groups is 1. The number of ether oxygens (including phenoxy) is 1. The highest BCUT2D eigenvalue weighted by molar-refractivity contribution is 7.89. The normalized spacial score (nSPS) is 11.2. The van der Waals surface area contributed by atoms with E-state index in [1.165, 1.54) is 13.2 Å². The van der Waals surface area contributed by atoms with Crippen LogP contribution < -0.4 is 14.8 Å². The first-order valence-electron chi connectivity index (χ1n) is 8.30. The highest BCUT2D eigenvalue weighted by Crippen LogP contribution is 2.27. The molecule has 140 valence electrons. The van der Waals surface area contributed by atoms with Crippen molar-refractivity contribution < 1.29 is 17.9 Å². The molecule has 0 saturated heterocycles. The molecule has 0 spiro atoms. The van der Waals surface area contributed by atoms with Gasteiger partial charge in [0.1, 0.15) is 10.6 Å². The lowest BCUT2D eigenvalue weighted by Gasteiger charge is -2.13. The van der Waals surface area contributed by atoms with E-state index in [4.69, 9.17) is 4.74 Å². The first-order valence-corrected chi connectivity index (χ1v) is 9.79. The number of methoxy groups -OCH3 is 1. The molecule has 0 atom stereocenters. The average Bonchev–Trinajstić information content (AvgIpc) is 2.62. The van der Waals surface area contributed by atoms with Gasteiger partial charge in [0.2, 0.25) is 15.9 Å². The lowest BCUT2D eigenvalue weighted by Crippen LogP contribution is -2.33. The van der Waals surface area contributed by atoms with Gasteiger partial charge >= 0.3 is 0 Å². The van der Waals surface area contributed by atoms with Crippen molar-refractivity contribution in [2.24, 2.45) is 0 Å². The van der Waals surface area contributed by atoms with Gasteiger partial charge in [-0.2, -0.15) is 0 Å². The SMILES string of the molecule is CCc1ccc(NC(=O)CNS(=O)(=O)c2cc(C)c(C)cc2OC)cc1. The quantitative estimate of drug-likeness (QED) is 0.778. The van der Waals surface area contributed by atoms with Crippen molar-refractivity contribution in [3.8, 4) is 5.75 Å². The zero-order valence-electron chi connectivity index (χ0n) is 15.4. The Kier molecular flexibility index (Phi) is 6.39. The Hall–Kier alpha value is -2.38. The van der Waals surface area contributed by atoms with E-state index >= 15 is 0 Å². The molecular weight excluding hydrogens is 352 g/mol. The monoisotopic (exact) mass is 376 g/mol. The molecule has 0 fully saturated rings. The lowest BCUT2D eigenvalue weighted by molar-refractivity contribution is -0.115. The molecule has 2 aromatic carbocycles. The molecule has 0 saturated carbocycles. The van der Waals surface area contributed by atoms with E-state index < -0.39 is 15.9 Å². The van der Waals surface area contributed by atoms with Crippen molar-refractivity contribution in [2.45, 2.75) is 32.1 Å². The van der Waals surface area contributed by atoms with Gasteiger partial charge in [-0.1, -0.05) is 19.1 Å². The maximum absolute atomic E-state index is 12.5. The van der Waals surface area contributed by atoms with Gasteiger partial charge < -0.3 is 10.1 Å². The maximum Gasteiger partial charge on any atom is 0.244 e. The first-order chi connectivity index (χ1) is 12.3. The summed E-state index contributed by atoms with van der Waals surface area (Å²) in [4.78, 5) is 12.1. The third kappa shape index (κ3) is 4.83. The minimum atomic E-state index is -3.88. The van der Waals surface area contributed by atoms with Gasteiger partial charge in [0.15, 0.2) is 0 Å². The van der Waals surface area contributed by atoms with E-state index in [1.54, 1.807) is 18.2 Å². The number of hydrogen-bond acceptors (Lipinski definition) is 4. The molecule has 0 bridgehead atoms. The second-order valence-corrected chi connectivity index (χ2v) is 7.75. The van der Waals surface area contributed by atoms with Crippen LogP contribution in [-0.4, -0.2) is 28.0 Å². The largest absolute Gasteiger partial charge is 0.495 e. The predicted molar refractivity (Wildman–Crippen MR) is 102 cm³/mol. The van der Waals surface area contributed by atoms with Crippen molar-refractivity contribution in [1.29, 1.82) is 0 Å². The van der Waals surface area contributed by atoms with Crippen LogP contribution in [0.15, 0.2) is 41.3 Å². The Morgan fingerprint density at radius 2 is 1.69 bits per heavy atom. The van der Waals surface area contributed by atoms with E-state index in [0.717, 1.165) is 23.1 Å². The molecule has 0 heterocycles. The zero-order valence-corrected chi connectivity index (χ0v) is 16.2. The summed E-state index contributed by atoms with van der Waals surface area (Å²) < 4.78 is 32.6. The third-order valence-corrected chi connectivity index (χ3v) is 5.56. The summed E-state index contributed by atoms with van der Waals surface area (Å²) >= 11 is 0. The Balaban J connectivity index is 2.07. The van der Waals surface area contributed by atoms with Crippen molar-refractivity contribution in [2.75, 3.05) is 19.0 Å². The van der Waals surface area contributed by atoms with Gasteiger partial charge in [0.05, 0.1) is 13.7 Å². The van der Waals surface area contributed by atoms with Crippen LogP contribution in [0.1, 0.15) is 23.6 Å².